The molecule has 0 aliphatic heterocycles. The number of nitrogens with one attached hydrogen (secondary N) is 2. The van der Waals surface area contributed by atoms with Gasteiger partial charge in [0.15, 0.2) is 0 Å². The lowest BCUT2D eigenvalue weighted by molar-refractivity contribution is -0.144. The first kappa shape index (κ1) is 32.4. The van der Waals surface area contributed by atoms with E-state index in [1.807, 2.05) is 19.9 Å². The molecule has 0 aliphatic carbocycles. The number of benzene rings is 1. The van der Waals surface area contributed by atoms with Crippen LogP contribution in [0.15, 0.2) is 24.3 Å². The van der Waals surface area contributed by atoms with Crippen LogP contribution in [-0.2, 0) is 28.7 Å². The predicted molar refractivity (Wildman–Crippen MR) is 142 cm³/mol. The van der Waals surface area contributed by atoms with Crippen LogP contribution in [-0.4, -0.2) is 66.0 Å². The number of hydrogen-bond donors (Lipinski definition) is 3. The molecule has 1 aromatic carbocycles. The minimum absolute atomic E-state index is 0.0106. The van der Waals surface area contributed by atoms with Gasteiger partial charge in [0.2, 0.25) is 17.7 Å². The summed E-state index contributed by atoms with van der Waals surface area (Å²) in [6, 6.07) is 4.69. The molecule has 212 valence electrons. The number of nitrogens with zero attached hydrogens (tertiary/aromatic N) is 1. The molecule has 1 rings (SSSR count). The van der Waals surface area contributed by atoms with Crippen molar-refractivity contribution >= 4 is 29.8 Å². The topological polar surface area (TPSA) is 157 Å². The number of unbranched alkanes of at least 4 members (excludes halogenated alkanes) is 1. The highest BCUT2D eigenvalue weighted by atomic mass is 16.6. The molecular formula is C27H42N4O7. The van der Waals surface area contributed by atoms with E-state index < -0.39 is 53.9 Å². The molecular weight excluding hydrogens is 492 g/mol. The third kappa shape index (κ3) is 11.6. The van der Waals surface area contributed by atoms with Gasteiger partial charge >= 0.3 is 12.1 Å². The lowest BCUT2D eigenvalue weighted by Gasteiger charge is -2.34. The molecule has 0 fully saturated rings. The summed E-state index contributed by atoms with van der Waals surface area (Å²) in [5, 5.41) is 5.16. The Morgan fingerprint density at radius 2 is 1.79 bits per heavy atom. The van der Waals surface area contributed by atoms with Crippen LogP contribution in [0.1, 0.15) is 77.5 Å². The van der Waals surface area contributed by atoms with E-state index in [4.69, 9.17) is 15.2 Å². The number of hydrogen-bond acceptors (Lipinski definition) is 7. The smallest absolute Gasteiger partial charge is 0.408 e. The Labute approximate surface area is 224 Å². The molecule has 11 nitrogen and oxygen atoms in total. The maximum Gasteiger partial charge on any atom is 0.408 e. The van der Waals surface area contributed by atoms with Crippen LogP contribution < -0.4 is 16.4 Å². The van der Waals surface area contributed by atoms with Gasteiger partial charge in [-0.2, -0.15) is 0 Å². The molecule has 2 atom stereocenters. The Kier molecular flexibility index (Phi) is 13.3. The second-order valence-corrected chi connectivity index (χ2v) is 9.92. The van der Waals surface area contributed by atoms with Crippen molar-refractivity contribution < 1.29 is 33.4 Å². The first-order valence-corrected chi connectivity index (χ1v) is 12.9. The van der Waals surface area contributed by atoms with Crippen molar-refractivity contribution in [3.05, 3.63) is 35.4 Å². The molecule has 0 radical (unpaired) electrons. The van der Waals surface area contributed by atoms with E-state index in [2.05, 4.69) is 10.6 Å². The fourth-order valence-electron chi connectivity index (χ4n) is 3.68. The van der Waals surface area contributed by atoms with Crippen LogP contribution in [0.3, 0.4) is 0 Å². The molecule has 1 aromatic rings. The summed E-state index contributed by atoms with van der Waals surface area (Å²) in [5.74, 6) is -2.43. The van der Waals surface area contributed by atoms with Crippen LogP contribution >= 0.6 is 0 Å². The molecule has 0 heterocycles. The van der Waals surface area contributed by atoms with Crippen molar-refractivity contribution in [3.63, 3.8) is 0 Å². The molecule has 4 N–H and O–H groups in total. The zero-order chi connectivity index (χ0) is 28.9. The van der Waals surface area contributed by atoms with Crippen molar-refractivity contribution in [2.45, 2.75) is 84.9 Å². The Hall–Kier alpha value is -3.63. The van der Waals surface area contributed by atoms with Gasteiger partial charge < -0.3 is 30.7 Å². The molecule has 4 amide bonds. The second-order valence-electron chi connectivity index (χ2n) is 9.92. The number of ether oxygens (including phenoxy) is 2. The summed E-state index contributed by atoms with van der Waals surface area (Å²) in [6.07, 6.45) is -0.132. The van der Waals surface area contributed by atoms with E-state index in [9.17, 15) is 24.0 Å². The lowest BCUT2D eigenvalue weighted by atomic mass is 10.00. The average molecular weight is 535 g/mol. The number of alkyl carbamates (subject to hydrolysis) is 1. The van der Waals surface area contributed by atoms with E-state index in [-0.39, 0.29) is 26.1 Å². The normalized spacial score (nSPS) is 12.6. The summed E-state index contributed by atoms with van der Waals surface area (Å²) < 4.78 is 10.2. The van der Waals surface area contributed by atoms with Gasteiger partial charge in [0.05, 0.1) is 19.4 Å². The third-order valence-corrected chi connectivity index (χ3v) is 5.28. The molecule has 0 saturated heterocycles. The van der Waals surface area contributed by atoms with Gasteiger partial charge in [-0.1, -0.05) is 43.2 Å². The first-order valence-electron chi connectivity index (χ1n) is 12.9. The van der Waals surface area contributed by atoms with Gasteiger partial charge in [-0.3, -0.25) is 19.2 Å². The highest BCUT2D eigenvalue weighted by Crippen LogP contribution is 2.25. The van der Waals surface area contributed by atoms with Gasteiger partial charge in [-0.15, -0.1) is 0 Å². The SMILES string of the molecule is CCCCN(C(=O)C(CC(N)=O)NC(=O)OC(C)(C)C)C(C(=O)NCCC(=O)OCC)c1cccc(C)c1. The zero-order valence-corrected chi connectivity index (χ0v) is 23.3. The minimum atomic E-state index is -1.35. The number of carbonyl (C=O) groups excluding carboxylic acids is 5. The molecule has 11 heteroatoms. The Morgan fingerprint density at radius 1 is 1.11 bits per heavy atom. The van der Waals surface area contributed by atoms with Gasteiger partial charge in [-0.25, -0.2) is 4.79 Å². The number of aryl methyl sites for hydroxylation is 1. The fraction of sp³-hybridized carbons (Fsp3) is 0.593. The first-order chi connectivity index (χ1) is 17.8. The highest BCUT2D eigenvalue weighted by Gasteiger charge is 2.36. The summed E-state index contributed by atoms with van der Waals surface area (Å²) in [6.45, 7) is 10.9. The van der Waals surface area contributed by atoms with Crippen molar-refractivity contribution in [3.8, 4) is 0 Å². The van der Waals surface area contributed by atoms with Crippen molar-refractivity contribution in [1.82, 2.24) is 15.5 Å². The Bertz CT molecular complexity index is 974. The number of nitrogens with two attached hydrogens (primary N) is 1. The van der Waals surface area contributed by atoms with E-state index in [1.165, 1.54) is 4.90 Å². The zero-order valence-electron chi connectivity index (χ0n) is 23.3. The largest absolute Gasteiger partial charge is 0.466 e. The number of amides is 4. The molecule has 0 aliphatic rings. The molecule has 0 bridgehead atoms. The van der Waals surface area contributed by atoms with Gasteiger partial charge in [-0.05, 0) is 46.6 Å². The maximum atomic E-state index is 13.9. The Balaban J connectivity index is 3.40. The van der Waals surface area contributed by atoms with Gasteiger partial charge in [0.25, 0.3) is 0 Å². The van der Waals surface area contributed by atoms with Crippen molar-refractivity contribution in [2.24, 2.45) is 5.73 Å². The van der Waals surface area contributed by atoms with E-state index in [0.29, 0.717) is 12.0 Å². The second kappa shape index (κ2) is 15.6. The van der Waals surface area contributed by atoms with Crippen molar-refractivity contribution in [1.29, 1.82) is 0 Å². The minimum Gasteiger partial charge on any atom is -0.466 e. The van der Waals surface area contributed by atoms with Gasteiger partial charge in [0.1, 0.15) is 17.7 Å². The molecule has 0 spiro atoms. The summed E-state index contributed by atoms with van der Waals surface area (Å²) in [5.41, 5.74) is 5.97. The summed E-state index contributed by atoms with van der Waals surface area (Å²) in [4.78, 5) is 64.8. The van der Waals surface area contributed by atoms with Crippen LogP contribution in [0.4, 0.5) is 4.79 Å². The van der Waals surface area contributed by atoms with Crippen LogP contribution in [0.25, 0.3) is 0 Å². The number of esters is 1. The molecule has 2 unspecified atom stereocenters. The van der Waals surface area contributed by atoms with E-state index in [0.717, 1.165) is 12.0 Å². The quantitative estimate of drug-likeness (QED) is 0.309. The highest BCUT2D eigenvalue weighted by molar-refractivity contribution is 5.94. The molecule has 0 saturated carbocycles. The summed E-state index contributed by atoms with van der Waals surface area (Å²) in [7, 11) is 0. The number of rotatable bonds is 14. The average Bonchev–Trinajstić information content (AvgIpc) is 2.79. The molecule has 38 heavy (non-hydrogen) atoms. The number of carbonyl (C=O) groups is 5. The molecule has 0 aromatic heterocycles. The van der Waals surface area contributed by atoms with Crippen LogP contribution in [0.5, 0.6) is 0 Å². The predicted octanol–water partition coefficient (Wildman–Crippen LogP) is 2.50. The number of primary amides is 1. The fourth-order valence-corrected chi connectivity index (χ4v) is 3.68. The third-order valence-electron chi connectivity index (χ3n) is 5.28. The Morgan fingerprint density at radius 3 is 2.34 bits per heavy atom. The van der Waals surface area contributed by atoms with Crippen LogP contribution in [0.2, 0.25) is 0 Å². The van der Waals surface area contributed by atoms with Gasteiger partial charge in [0, 0.05) is 13.1 Å². The van der Waals surface area contributed by atoms with Crippen LogP contribution in [0, 0.1) is 6.92 Å². The lowest BCUT2D eigenvalue weighted by Crippen LogP contribution is -2.54. The maximum absolute atomic E-state index is 13.9. The van der Waals surface area contributed by atoms with E-state index >= 15 is 0 Å². The standard InChI is InChI=1S/C27H42N4O7/c1-7-9-15-31(25(35)20(17-21(28)32)30-26(36)38-27(4,5)6)23(19-12-10-11-18(3)16-19)24(34)29-14-13-22(33)37-8-2/h10-12,16,20,23H,7-9,13-15,17H2,1-6H3,(H2,28,32)(H,29,34)(H,30,36). The van der Waals surface area contributed by atoms with E-state index in [1.54, 1.807) is 45.9 Å². The summed E-state index contributed by atoms with van der Waals surface area (Å²) >= 11 is 0. The van der Waals surface area contributed by atoms with Crippen molar-refractivity contribution in [2.75, 3.05) is 19.7 Å². The monoisotopic (exact) mass is 534 g/mol.